The number of hydrogen-bond donors (Lipinski definition) is 6. The number of anilines is 2. The average Bonchev–Trinajstić information content (AvgIpc) is 3.19. The molecule has 0 aliphatic rings. The van der Waals surface area contributed by atoms with E-state index in [1.807, 2.05) is 0 Å². The molecule has 0 atom stereocenters. The van der Waals surface area contributed by atoms with Crippen LogP contribution in [-0.4, -0.2) is 78.9 Å². The molecule has 0 fully saturated rings. The monoisotopic (exact) mass is 954 g/mol. The fourth-order valence-corrected chi connectivity index (χ4v) is 8.52. The molecular weight excluding hydrogens is 932 g/mol. The van der Waals surface area contributed by atoms with Gasteiger partial charge in [-0.15, -0.1) is 9.45 Å². The zero-order valence-electron chi connectivity index (χ0n) is 30.0. The van der Waals surface area contributed by atoms with Crippen LogP contribution in [0, 0.1) is 0 Å². The van der Waals surface area contributed by atoms with Crippen molar-refractivity contribution in [2.24, 2.45) is 10.2 Å². The predicted molar refractivity (Wildman–Crippen MR) is 218 cm³/mol. The van der Waals surface area contributed by atoms with Crippen LogP contribution in [0.2, 0.25) is 10.3 Å². The van der Waals surface area contributed by atoms with Gasteiger partial charge >= 0.3 is 10.4 Å². The zero-order chi connectivity index (χ0) is 44.3. The molecule has 27 heteroatoms. The maximum atomic E-state index is 13.3. The highest BCUT2D eigenvalue weighted by Gasteiger charge is 2.26. The first-order valence-electron chi connectivity index (χ1n) is 16.4. The number of aromatic hydroxyl groups is 1. The van der Waals surface area contributed by atoms with E-state index in [1.54, 1.807) is 0 Å². The summed E-state index contributed by atoms with van der Waals surface area (Å²) in [6.45, 7) is -0.813. The van der Waals surface area contributed by atoms with Gasteiger partial charge in [-0.3, -0.25) is 18.7 Å². The maximum absolute atomic E-state index is 13.3. The molecule has 6 N–H and O–H groups in total. The van der Waals surface area contributed by atoms with Crippen LogP contribution in [0.1, 0.15) is 20.7 Å². The van der Waals surface area contributed by atoms with Gasteiger partial charge in [0.1, 0.15) is 10.6 Å². The highest BCUT2D eigenvalue weighted by molar-refractivity contribution is 7.94. The molecule has 0 bridgehead atoms. The second kappa shape index (κ2) is 18.3. The molecule has 0 saturated heterocycles. The van der Waals surface area contributed by atoms with Crippen molar-refractivity contribution in [3.05, 3.63) is 106 Å². The summed E-state index contributed by atoms with van der Waals surface area (Å²) in [5.74, 6) is -2.88. The molecule has 318 valence electrons. The number of sulfone groups is 1. The molecule has 1 aromatic heterocycles. The fourth-order valence-electron chi connectivity index (χ4n) is 5.43. The summed E-state index contributed by atoms with van der Waals surface area (Å²) < 4.78 is 99.3. The Hall–Kier alpha value is -5.42. The summed E-state index contributed by atoms with van der Waals surface area (Å²) in [5, 5.41) is 36.2. The third-order valence-electron chi connectivity index (χ3n) is 8.14. The largest absolute Gasteiger partial charge is 0.505 e. The van der Waals surface area contributed by atoms with Gasteiger partial charge in [-0.2, -0.15) is 21.9 Å². The number of phenols is 1. The molecule has 61 heavy (non-hydrogen) atoms. The van der Waals surface area contributed by atoms with Crippen molar-refractivity contribution in [3.8, 4) is 5.75 Å². The highest BCUT2D eigenvalue weighted by Crippen LogP contribution is 2.47. The van der Waals surface area contributed by atoms with E-state index in [2.05, 4.69) is 44.4 Å². The van der Waals surface area contributed by atoms with E-state index < -0.39 is 70.9 Å². The first-order valence-corrected chi connectivity index (χ1v) is 22.4. The van der Waals surface area contributed by atoms with Crippen molar-refractivity contribution in [1.82, 2.24) is 9.97 Å². The van der Waals surface area contributed by atoms with Crippen LogP contribution in [0.25, 0.3) is 21.8 Å². The van der Waals surface area contributed by atoms with E-state index in [4.69, 9.17) is 33.0 Å². The number of aromatic nitrogens is 2. The smallest absolute Gasteiger partial charge is 0.397 e. The number of nitrogens with one attached hydrogen (secondary N) is 2. The molecular formula is C34H24Cl2N6O15S4. The topological polar surface area (TPSA) is 320 Å². The molecule has 21 nitrogen and oxygen atoms in total. The molecule has 0 radical (unpaired) electrons. The first kappa shape index (κ1) is 45.1. The van der Waals surface area contributed by atoms with Gasteiger partial charge in [0.25, 0.3) is 21.9 Å². The highest BCUT2D eigenvalue weighted by atomic mass is 35.5. The van der Waals surface area contributed by atoms with Crippen LogP contribution in [0.5, 0.6) is 5.75 Å². The molecule has 2 amide bonds. The lowest BCUT2D eigenvalue weighted by molar-refractivity contribution is -0.432. The lowest BCUT2D eigenvalue weighted by Gasteiger charge is -2.15. The Bertz CT molecular complexity index is 3090. The predicted octanol–water partition coefficient (Wildman–Crippen LogP) is 6.98. The Morgan fingerprint density at radius 2 is 1.39 bits per heavy atom. The number of rotatable bonds is 15. The van der Waals surface area contributed by atoms with E-state index in [0.717, 1.165) is 12.1 Å². The van der Waals surface area contributed by atoms with Gasteiger partial charge in [0.2, 0.25) is 0 Å². The maximum Gasteiger partial charge on any atom is 0.397 e. The summed E-state index contributed by atoms with van der Waals surface area (Å²) in [5.41, 5.74) is 0.238. The Kier molecular flexibility index (Phi) is 13.5. The van der Waals surface area contributed by atoms with E-state index in [-0.39, 0.29) is 76.6 Å². The van der Waals surface area contributed by atoms with Crippen LogP contribution in [0.15, 0.2) is 110 Å². The van der Waals surface area contributed by atoms with Gasteiger partial charge in [-0.1, -0.05) is 28.2 Å². The van der Waals surface area contributed by atoms with E-state index >= 15 is 0 Å². The summed E-state index contributed by atoms with van der Waals surface area (Å²) in [7, 11) is -14.0. The average molecular weight is 956 g/mol. The van der Waals surface area contributed by atoms with Crippen molar-refractivity contribution < 1.29 is 67.9 Å². The summed E-state index contributed by atoms with van der Waals surface area (Å²) in [6.07, 6.45) is 0. The number of halogens is 2. The Morgan fingerprint density at radius 1 is 0.754 bits per heavy atom. The normalized spacial score (nSPS) is 12.3. The molecule has 0 spiro atoms. The molecule has 0 saturated carbocycles. The van der Waals surface area contributed by atoms with Crippen LogP contribution < -0.4 is 10.6 Å². The molecule has 0 unspecified atom stereocenters. The number of amides is 2. The van der Waals surface area contributed by atoms with E-state index in [0.29, 0.717) is 5.52 Å². The molecule has 0 aliphatic heterocycles. The summed E-state index contributed by atoms with van der Waals surface area (Å²) in [6, 6.07) is 17.9. The number of carbonyl (C=O) groups is 2. The Morgan fingerprint density at radius 3 is 2.03 bits per heavy atom. The number of benzene rings is 5. The molecule has 6 aromatic rings. The number of fused-ring (bicyclic) bond motifs is 2. The second-order valence-corrected chi connectivity index (χ2v) is 18.1. The lowest BCUT2D eigenvalue weighted by atomic mass is 10.1. The van der Waals surface area contributed by atoms with Crippen LogP contribution in [0.3, 0.4) is 0 Å². The molecule has 1 heterocycles. The van der Waals surface area contributed by atoms with Crippen molar-refractivity contribution >= 4 is 122 Å². The molecule has 5 aromatic carbocycles. The fraction of sp³-hybridized carbons (Fsp3) is 0.0588. The minimum Gasteiger partial charge on any atom is -0.505 e. The number of hydrogen-bond acceptors (Lipinski definition) is 18. The van der Waals surface area contributed by atoms with Gasteiger partial charge in [0.15, 0.2) is 25.9 Å². The van der Waals surface area contributed by atoms with Gasteiger partial charge in [0.05, 0.1) is 56.6 Å². The minimum absolute atomic E-state index is 0.00745. The van der Waals surface area contributed by atoms with Gasteiger partial charge in [-0.25, -0.2) is 27.8 Å². The van der Waals surface area contributed by atoms with Crippen LogP contribution in [0.4, 0.5) is 22.7 Å². The number of carbonyl (C=O) groups excluding carboxylic acids is 2. The van der Waals surface area contributed by atoms with E-state index in [9.17, 15) is 44.5 Å². The summed E-state index contributed by atoms with van der Waals surface area (Å²) >= 11 is 12.1. The first-order chi connectivity index (χ1) is 28.7. The standard InChI is InChI=1S/C34H24Cl2N6O15S4/c35-31-32(36)39-26-15-18(3-11-24(26)38-31)34(45)40-25-12-10-22-23(30(25)60(49,50)51)16-27(58-57-56-46)28(29(22)43)42-41-20-4-1-17(2-5-20)33(44)37-19-6-8-21(9-7-19)59(47,48)14-13-55-61(52,53)54/h1-12,15-16,43,46H,13-14H2,(H,37,44)(H,40,45)(H,49,50,51)(H,52,53,54). The summed E-state index contributed by atoms with van der Waals surface area (Å²) in [4.78, 5) is 33.1. The Labute approximate surface area is 358 Å². The minimum atomic E-state index is -5.15. The molecule has 6 rings (SSSR count). The van der Waals surface area contributed by atoms with Gasteiger partial charge in [0, 0.05) is 27.6 Å². The van der Waals surface area contributed by atoms with Gasteiger partial charge in [-0.05, 0) is 84.9 Å². The second-order valence-electron chi connectivity index (χ2n) is 12.1. The van der Waals surface area contributed by atoms with Crippen molar-refractivity contribution in [3.63, 3.8) is 0 Å². The number of phenolic OH excluding ortho intramolecular Hbond substituents is 1. The van der Waals surface area contributed by atoms with Crippen molar-refractivity contribution in [2.75, 3.05) is 23.0 Å². The number of nitrogens with zero attached hydrogens (tertiary/aromatic N) is 4. The van der Waals surface area contributed by atoms with Crippen molar-refractivity contribution in [1.29, 1.82) is 0 Å². The molecule has 0 aliphatic carbocycles. The van der Waals surface area contributed by atoms with Crippen molar-refractivity contribution in [2.45, 2.75) is 14.7 Å². The third kappa shape index (κ3) is 10.9. The van der Waals surface area contributed by atoms with Gasteiger partial charge < -0.3 is 15.7 Å². The van der Waals surface area contributed by atoms with Crippen LogP contribution >= 0.6 is 35.2 Å². The quantitative estimate of drug-likeness (QED) is 0.0199. The van der Waals surface area contributed by atoms with E-state index in [1.165, 1.54) is 72.8 Å². The third-order valence-corrected chi connectivity index (χ3v) is 12.5. The lowest BCUT2D eigenvalue weighted by Crippen LogP contribution is -2.15. The Balaban J connectivity index is 1.23. The SMILES string of the molecule is O=C(Nc1ccc(S(=O)(=O)CCOS(=O)(=O)O)cc1)c1ccc(N=Nc2c(SOOO)cc3c(S(=O)(=O)O)c(NC(=O)c4ccc5nc(Cl)c(Cl)nc5c4)ccc3c2O)cc1. The van der Waals surface area contributed by atoms with Crippen LogP contribution in [-0.2, 0) is 43.9 Å². The number of azo groups is 1. The zero-order valence-corrected chi connectivity index (χ0v) is 34.7.